The summed E-state index contributed by atoms with van der Waals surface area (Å²) in [7, 11) is 0. The number of allylic oxidation sites excluding steroid dienone is 22. The first-order chi connectivity index (χ1) is 33.6. The van der Waals surface area contributed by atoms with E-state index in [1.54, 1.807) is 0 Å². The lowest BCUT2D eigenvalue weighted by atomic mass is 10.1. The standard InChI is InChI=1S/C63H102O5/c1-3-5-7-9-11-13-15-17-19-21-23-25-27-29-30-31-32-34-36-38-40-42-44-46-48-50-52-54-56-58-63(66)68-61(59-64)60-67-62(65)57-55-53-51-49-47-45-43-41-39-37-35-33-28-26-24-22-20-18-16-14-12-10-8-6-4-2/h5,7,11,13,16-19,22-25,28-30,32-34,38,40,44,46,61,64H,3-4,6,8-10,12,14-15,20-21,26-27,31,35-37,39,41-43,45,47-60H2,1-2H3/b7-5-,13-11-,18-16-,19-17-,24-22-,25-23-,30-29-,33-28-,34-32-,40-38-,46-44-. The lowest BCUT2D eigenvalue weighted by Gasteiger charge is -2.15. The summed E-state index contributed by atoms with van der Waals surface area (Å²) >= 11 is 0. The number of esters is 2. The van der Waals surface area contributed by atoms with Crippen LogP contribution in [0.15, 0.2) is 134 Å². The highest BCUT2D eigenvalue weighted by molar-refractivity contribution is 5.70. The molecule has 68 heavy (non-hydrogen) atoms. The van der Waals surface area contributed by atoms with Crippen LogP contribution in [0.25, 0.3) is 0 Å². The quantitative estimate of drug-likeness (QED) is 0.0374. The van der Waals surface area contributed by atoms with Crippen LogP contribution in [0.1, 0.15) is 232 Å². The van der Waals surface area contributed by atoms with Gasteiger partial charge in [0.25, 0.3) is 0 Å². The molecule has 0 aromatic rings. The maximum absolute atomic E-state index is 12.3. The van der Waals surface area contributed by atoms with Gasteiger partial charge >= 0.3 is 11.9 Å². The molecular weight excluding hydrogens is 837 g/mol. The van der Waals surface area contributed by atoms with Crippen LogP contribution in [-0.2, 0) is 19.1 Å². The zero-order chi connectivity index (χ0) is 49.2. The van der Waals surface area contributed by atoms with Gasteiger partial charge in [-0.3, -0.25) is 9.59 Å². The molecule has 0 heterocycles. The van der Waals surface area contributed by atoms with Crippen LogP contribution in [0.5, 0.6) is 0 Å². The van der Waals surface area contributed by atoms with E-state index in [2.05, 4.69) is 148 Å². The van der Waals surface area contributed by atoms with Gasteiger partial charge in [0.1, 0.15) is 6.61 Å². The summed E-state index contributed by atoms with van der Waals surface area (Å²) in [5.41, 5.74) is 0. The number of unbranched alkanes of at least 4 members (excludes halogenated alkanes) is 19. The Morgan fingerprint density at radius 1 is 0.353 bits per heavy atom. The van der Waals surface area contributed by atoms with Crippen molar-refractivity contribution < 1.29 is 24.2 Å². The molecule has 384 valence electrons. The molecule has 1 N–H and O–H groups in total. The van der Waals surface area contributed by atoms with Gasteiger partial charge in [-0.05, 0) is 116 Å². The zero-order valence-corrected chi connectivity index (χ0v) is 43.8. The molecule has 5 nitrogen and oxygen atoms in total. The second-order valence-corrected chi connectivity index (χ2v) is 17.9. The summed E-state index contributed by atoms with van der Waals surface area (Å²) < 4.78 is 10.7. The van der Waals surface area contributed by atoms with E-state index in [1.165, 1.54) is 89.9 Å². The van der Waals surface area contributed by atoms with E-state index in [1.807, 2.05) is 0 Å². The van der Waals surface area contributed by atoms with E-state index >= 15 is 0 Å². The third-order valence-corrected chi connectivity index (χ3v) is 11.4. The number of hydrogen-bond donors (Lipinski definition) is 1. The minimum absolute atomic E-state index is 0.0871. The van der Waals surface area contributed by atoms with E-state index in [0.29, 0.717) is 12.8 Å². The molecule has 0 spiro atoms. The average molecular weight is 940 g/mol. The van der Waals surface area contributed by atoms with E-state index in [4.69, 9.17) is 9.47 Å². The Balaban J connectivity index is 3.63. The number of hydrogen-bond acceptors (Lipinski definition) is 5. The molecule has 0 bridgehead atoms. The van der Waals surface area contributed by atoms with Gasteiger partial charge in [0.2, 0.25) is 0 Å². The van der Waals surface area contributed by atoms with Crippen molar-refractivity contribution in [3.8, 4) is 0 Å². The highest BCUT2D eigenvalue weighted by Crippen LogP contribution is 2.14. The van der Waals surface area contributed by atoms with Gasteiger partial charge in [-0.15, -0.1) is 0 Å². The number of ether oxygens (including phenoxy) is 2. The van der Waals surface area contributed by atoms with Crippen LogP contribution < -0.4 is 0 Å². The second-order valence-electron chi connectivity index (χ2n) is 17.9. The van der Waals surface area contributed by atoms with Gasteiger partial charge in [-0.25, -0.2) is 0 Å². The first-order valence-corrected chi connectivity index (χ1v) is 27.7. The molecule has 1 atom stereocenters. The Kier molecular flexibility index (Phi) is 54.0. The van der Waals surface area contributed by atoms with Crippen LogP contribution in [0.2, 0.25) is 0 Å². The van der Waals surface area contributed by atoms with Crippen LogP contribution in [0, 0.1) is 0 Å². The van der Waals surface area contributed by atoms with Crippen molar-refractivity contribution in [1.82, 2.24) is 0 Å². The fourth-order valence-electron chi connectivity index (χ4n) is 7.28. The largest absolute Gasteiger partial charge is 0.462 e. The Morgan fingerprint density at radius 3 is 0.956 bits per heavy atom. The first-order valence-electron chi connectivity index (χ1n) is 27.7. The smallest absolute Gasteiger partial charge is 0.306 e. The average Bonchev–Trinajstić information content (AvgIpc) is 3.34. The Morgan fingerprint density at radius 2 is 0.632 bits per heavy atom. The molecular formula is C63H102O5. The lowest BCUT2D eigenvalue weighted by molar-refractivity contribution is -0.161. The molecule has 0 aliphatic heterocycles. The Hall–Kier alpha value is -3.96. The fraction of sp³-hybridized carbons (Fsp3) is 0.619. The summed E-state index contributed by atoms with van der Waals surface area (Å²) in [5, 5.41) is 9.65. The molecule has 0 rings (SSSR count). The topological polar surface area (TPSA) is 72.8 Å². The minimum atomic E-state index is -0.799. The molecule has 5 heteroatoms. The van der Waals surface area contributed by atoms with Crippen molar-refractivity contribution in [2.75, 3.05) is 13.2 Å². The second kappa shape index (κ2) is 57.4. The number of rotatable bonds is 49. The van der Waals surface area contributed by atoms with Crippen molar-refractivity contribution in [2.45, 2.75) is 238 Å². The molecule has 0 saturated carbocycles. The fourth-order valence-corrected chi connectivity index (χ4v) is 7.28. The van der Waals surface area contributed by atoms with Crippen LogP contribution in [-0.4, -0.2) is 36.4 Å². The lowest BCUT2D eigenvalue weighted by Crippen LogP contribution is -2.28. The van der Waals surface area contributed by atoms with Crippen molar-refractivity contribution >= 4 is 11.9 Å². The van der Waals surface area contributed by atoms with Crippen molar-refractivity contribution in [1.29, 1.82) is 0 Å². The van der Waals surface area contributed by atoms with E-state index in [0.717, 1.165) is 116 Å². The van der Waals surface area contributed by atoms with Gasteiger partial charge in [-0.2, -0.15) is 0 Å². The monoisotopic (exact) mass is 939 g/mol. The van der Waals surface area contributed by atoms with Crippen LogP contribution >= 0.6 is 0 Å². The highest BCUT2D eigenvalue weighted by Gasteiger charge is 2.16. The number of carbonyl (C=O) groups excluding carboxylic acids is 2. The summed E-state index contributed by atoms with van der Waals surface area (Å²) in [5.74, 6) is -0.632. The van der Waals surface area contributed by atoms with E-state index in [-0.39, 0.29) is 25.2 Å². The maximum atomic E-state index is 12.3. The molecule has 0 aliphatic rings. The summed E-state index contributed by atoms with van der Waals surface area (Å²) in [6, 6.07) is 0. The van der Waals surface area contributed by atoms with Gasteiger partial charge in [0, 0.05) is 12.8 Å². The number of aliphatic hydroxyl groups is 1. The molecule has 0 saturated heterocycles. The third kappa shape index (κ3) is 54.6. The molecule has 0 radical (unpaired) electrons. The van der Waals surface area contributed by atoms with E-state index in [9.17, 15) is 14.7 Å². The third-order valence-electron chi connectivity index (χ3n) is 11.4. The van der Waals surface area contributed by atoms with Crippen molar-refractivity contribution in [3.63, 3.8) is 0 Å². The predicted molar refractivity (Wildman–Crippen MR) is 297 cm³/mol. The normalized spacial score (nSPS) is 13.3. The highest BCUT2D eigenvalue weighted by atomic mass is 16.6. The van der Waals surface area contributed by atoms with Crippen molar-refractivity contribution in [3.05, 3.63) is 134 Å². The Bertz CT molecular complexity index is 1430. The maximum Gasteiger partial charge on any atom is 0.306 e. The van der Waals surface area contributed by atoms with Gasteiger partial charge < -0.3 is 14.6 Å². The minimum Gasteiger partial charge on any atom is -0.462 e. The SMILES string of the molecule is CC/C=C\C/C=C\C/C=C\C/C=C\C/C=C\C/C=C\C/C=C\C/C=C\CCCCCCC(=O)OC(CO)COC(=O)CCCCCCCCCCCC/C=C\C/C=C\C/C=C\CCCCCCC. The molecule has 1 unspecified atom stereocenters. The van der Waals surface area contributed by atoms with Crippen LogP contribution in [0.3, 0.4) is 0 Å². The van der Waals surface area contributed by atoms with Crippen LogP contribution in [0.4, 0.5) is 0 Å². The van der Waals surface area contributed by atoms with Gasteiger partial charge in [-0.1, -0.05) is 237 Å². The summed E-state index contributed by atoms with van der Waals surface area (Å²) in [6.07, 6.45) is 85.5. The first kappa shape index (κ1) is 64.0. The number of aliphatic hydroxyl groups excluding tert-OH is 1. The molecule has 0 aromatic carbocycles. The van der Waals surface area contributed by atoms with Gasteiger partial charge in [0.15, 0.2) is 6.10 Å². The molecule has 0 fully saturated rings. The van der Waals surface area contributed by atoms with E-state index < -0.39 is 6.10 Å². The van der Waals surface area contributed by atoms with Crippen molar-refractivity contribution in [2.24, 2.45) is 0 Å². The predicted octanol–water partition coefficient (Wildman–Crippen LogP) is 18.9. The molecule has 0 aromatic heterocycles. The Labute approximate surface area is 419 Å². The van der Waals surface area contributed by atoms with Gasteiger partial charge in [0.05, 0.1) is 6.61 Å². The molecule has 0 amide bonds. The summed E-state index contributed by atoms with van der Waals surface area (Å²) in [6.45, 7) is 3.99. The zero-order valence-electron chi connectivity index (χ0n) is 43.8. The summed E-state index contributed by atoms with van der Waals surface area (Å²) in [4.78, 5) is 24.5. The number of carbonyl (C=O) groups is 2. The molecule has 0 aliphatic carbocycles.